The lowest BCUT2D eigenvalue weighted by atomic mass is 10.4. The summed E-state index contributed by atoms with van der Waals surface area (Å²) in [5.74, 6) is 1.90. The maximum atomic E-state index is 5.90. The van der Waals surface area contributed by atoms with Crippen LogP contribution < -0.4 is 5.32 Å². The Labute approximate surface area is 103 Å². The van der Waals surface area contributed by atoms with Gasteiger partial charge in [-0.1, -0.05) is 23.2 Å². The lowest BCUT2D eigenvalue weighted by Gasteiger charge is -2.03. The van der Waals surface area contributed by atoms with Crippen molar-refractivity contribution in [3.63, 3.8) is 0 Å². The number of amidine groups is 1. The van der Waals surface area contributed by atoms with Gasteiger partial charge >= 0.3 is 0 Å². The third-order valence-electron chi connectivity index (χ3n) is 1.96. The van der Waals surface area contributed by atoms with Gasteiger partial charge < -0.3 is 5.32 Å². The molecule has 0 amide bonds. The van der Waals surface area contributed by atoms with E-state index in [9.17, 15) is 0 Å². The first kappa shape index (κ1) is 11.1. The topological polar surface area (TPSA) is 24.4 Å². The Hall–Kier alpha value is -0.380. The van der Waals surface area contributed by atoms with Crippen molar-refractivity contribution in [3.8, 4) is 0 Å². The molecular formula is C10H10Cl2N2S. The third-order valence-corrected chi connectivity index (χ3v) is 3.38. The molecule has 5 heteroatoms. The van der Waals surface area contributed by atoms with Crippen molar-refractivity contribution in [2.75, 3.05) is 18.8 Å². The molecule has 2 rings (SSSR count). The van der Waals surface area contributed by atoms with Crippen molar-refractivity contribution in [1.29, 1.82) is 0 Å². The fourth-order valence-corrected chi connectivity index (χ4v) is 2.88. The summed E-state index contributed by atoms with van der Waals surface area (Å²) in [4.78, 5) is 5.39. The van der Waals surface area contributed by atoms with E-state index in [4.69, 9.17) is 23.2 Å². The van der Waals surface area contributed by atoms with Crippen LogP contribution in [0.5, 0.6) is 0 Å². The summed E-state index contributed by atoms with van der Waals surface area (Å²) >= 11 is 13.5. The molecule has 0 atom stereocenters. The first-order chi connectivity index (χ1) is 7.24. The van der Waals surface area contributed by atoms with Gasteiger partial charge in [0, 0.05) is 21.5 Å². The summed E-state index contributed by atoms with van der Waals surface area (Å²) in [7, 11) is 0. The average molecular weight is 261 g/mol. The molecule has 80 valence electrons. The fraction of sp³-hybridized carbons (Fsp3) is 0.300. The normalized spacial score (nSPS) is 14.9. The molecule has 0 fully saturated rings. The molecule has 1 aliphatic heterocycles. The van der Waals surface area contributed by atoms with E-state index in [1.54, 1.807) is 17.8 Å². The van der Waals surface area contributed by atoms with Gasteiger partial charge in [0.1, 0.15) is 5.84 Å². The number of hydrogen-bond donors (Lipinski definition) is 1. The van der Waals surface area contributed by atoms with Gasteiger partial charge in [0.05, 0.1) is 12.3 Å². The van der Waals surface area contributed by atoms with Crippen molar-refractivity contribution in [2.24, 2.45) is 4.99 Å². The van der Waals surface area contributed by atoms with Crippen LogP contribution in [-0.2, 0) is 0 Å². The van der Waals surface area contributed by atoms with Gasteiger partial charge in [0.15, 0.2) is 0 Å². The molecule has 0 saturated heterocycles. The molecule has 2 nitrogen and oxygen atoms in total. The Morgan fingerprint density at radius 1 is 1.27 bits per heavy atom. The average Bonchev–Trinajstić information content (AvgIpc) is 2.65. The van der Waals surface area contributed by atoms with Crippen LogP contribution in [0.1, 0.15) is 0 Å². The lowest BCUT2D eigenvalue weighted by Crippen LogP contribution is -2.20. The van der Waals surface area contributed by atoms with Crippen LogP contribution in [0.3, 0.4) is 0 Å². The minimum Gasteiger partial charge on any atom is -0.371 e. The van der Waals surface area contributed by atoms with Gasteiger partial charge in [0.2, 0.25) is 0 Å². The quantitative estimate of drug-likeness (QED) is 0.845. The molecule has 1 aromatic rings. The standard InChI is InChI=1S/C10H10Cl2N2S/c11-7-3-8(12)5-9(4-7)15-6-10-13-1-2-14-10/h3-5H,1-2,6H2,(H,13,14). The van der Waals surface area contributed by atoms with Crippen LogP contribution in [-0.4, -0.2) is 24.7 Å². The Morgan fingerprint density at radius 3 is 2.60 bits per heavy atom. The summed E-state index contributed by atoms with van der Waals surface area (Å²) in [5, 5.41) is 4.56. The van der Waals surface area contributed by atoms with Crippen LogP contribution in [0.25, 0.3) is 0 Å². The van der Waals surface area contributed by atoms with E-state index in [1.165, 1.54) is 0 Å². The van der Waals surface area contributed by atoms with Crippen molar-refractivity contribution < 1.29 is 0 Å². The molecule has 0 aromatic heterocycles. The Kier molecular flexibility index (Phi) is 3.78. The largest absolute Gasteiger partial charge is 0.371 e. The minimum atomic E-state index is 0.673. The predicted octanol–water partition coefficient (Wildman–Crippen LogP) is 3.09. The molecule has 15 heavy (non-hydrogen) atoms. The second-order valence-electron chi connectivity index (χ2n) is 3.15. The number of nitrogens with one attached hydrogen (secondary N) is 1. The van der Waals surface area contributed by atoms with E-state index < -0.39 is 0 Å². The van der Waals surface area contributed by atoms with Crippen molar-refractivity contribution >= 4 is 40.8 Å². The van der Waals surface area contributed by atoms with Crippen LogP contribution in [0, 0.1) is 0 Å². The summed E-state index contributed by atoms with van der Waals surface area (Å²) in [6.07, 6.45) is 0. The first-order valence-electron chi connectivity index (χ1n) is 4.60. The maximum Gasteiger partial charge on any atom is 0.107 e. The van der Waals surface area contributed by atoms with Gasteiger partial charge in [0.25, 0.3) is 0 Å². The number of nitrogens with zero attached hydrogens (tertiary/aromatic N) is 1. The zero-order valence-electron chi connectivity index (χ0n) is 7.96. The Morgan fingerprint density at radius 2 is 2.00 bits per heavy atom. The van der Waals surface area contributed by atoms with E-state index in [0.717, 1.165) is 29.6 Å². The Balaban J connectivity index is 1.98. The first-order valence-corrected chi connectivity index (χ1v) is 6.34. The van der Waals surface area contributed by atoms with Gasteiger partial charge in [-0.25, -0.2) is 0 Å². The molecule has 0 saturated carbocycles. The molecule has 0 aliphatic carbocycles. The van der Waals surface area contributed by atoms with Crippen LogP contribution in [0.2, 0.25) is 10.0 Å². The Bertz CT molecular complexity index is 373. The van der Waals surface area contributed by atoms with Gasteiger partial charge in [-0.05, 0) is 18.2 Å². The van der Waals surface area contributed by atoms with Crippen LogP contribution >= 0.6 is 35.0 Å². The summed E-state index contributed by atoms with van der Waals surface area (Å²) in [6, 6.07) is 5.56. The summed E-state index contributed by atoms with van der Waals surface area (Å²) < 4.78 is 0. The molecule has 0 spiro atoms. The van der Waals surface area contributed by atoms with Gasteiger partial charge in [-0.3, -0.25) is 4.99 Å². The number of rotatable bonds is 3. The maximum absolute atomic E-state index is 5.90. The second kappa shape index (κ2) is 5.10. The highest BCUT2D eigenvalue weighted by molar-refractivity contribution is 8.00. The van der Waals surface area contributed by atoms with E-state index in [2.05, 4.69) is 10.3 Å². The van der Waals surface area contributed by atoms with Gasteiger partial charge in [-0.15, -0.1) is 11.8 Å². The van der Waals surface area contributed by atoms with Gasteiger partial charge in [-0.2, -0.15) is 0 Å². The highest BCUT2D eigenvalue weighted by Gasteiger charge is 2.06. The number of aliphatic imine (C=N–C) groups is 1. The SMILES string of the molecule is Clc1cc(Cl)cc(SCC2=NCCN2)c1. The van der Waals surface area contributed by atoms with E-state index in [-0.39, 0.29) is 0 Å². The highest BCUT2D eigenvalue weighted by atomic mass is 35.5. The highest BCUT2D eigenvalue weighted by Crippen LogP contribution is 2.26. The fourth-order valence-electron chi connectivity index (χ4n) is 1.31. The van der Waals surface area contributed by atoms with Crippen molar-refractivity contribution in [2.45, 2.75) is 4.90 Å². The smallest absolute Gasteiger partial charge is 0.107 e. The monoisotopic (exact) mass is 260 g/mol. The predicted molar refractivity (Wildman–Crippen MR) is 67.5 cm³/mol. The number of benzene rings is 1. The molecule has 0 bridgehead atoms. The molecule has 1 heterocycles. The van der Waals surface area contributed by atoms with Crippen molar-refractivity contribution in [1.82, 2.24) is 5.32 Å². The van der Waals surface area contributed by atoms with E-state index in [0.29, 0.717) is 10.0 Å². The summed E-state index contributed by atoms with van der Waals surface area (Å²) in [5.41, 5.74) is 0. The molecular weight excluding hydrogens is 251 g/mol. The van der Waals surface area contributed by atoms with Crippen LogP contribution in [0.4, 0.5) is 0 Å². The van der Waals surface area contributed by atoms with E-state index in [1.807, 2.05) is 12.1 Å². The third kappa shape index (κ3) is 3.30. The lowest BCUT2D eigenvalue weighted by molar-refractivity contribution is 0.959. The molecule has 0 radical (unpaired) electrons. The number of hydrogen-bond acceptors (Lipinski definition) is 3. The van der Waals surface area contributed by atoms with E-state index >= 15 is 0 Å². The van der Waals surface area contributed by atoms with Crippen molar-refractivity contribution in [3.05, 3.63) is 28.2 Å². The zero-order chi connectivity index (χ0) is 10.7. The molecule has 0 unspecified atom stereocenters. The number of thioether (sulfide) groups is 1. The minimum absolute atomic E-state index is 0.673. The second-order valence-corrected chi connectivity index (χ2v) is 5.07. The molecule has 1 aliphatic rings. The van der Waals surface area contributed by atoms with Crippen LogP contribution in [0.15, 0.2) is 28.1 Å². The molecule has 1 aromatic carbocycles. The summed E-state index contributed by atoms with van der Waals surface area (Å²) in [6.45, 7) is 1.83. The number of halogens is 2. The zero-order valence-corrected chi connectivity index (χ0v) is 10.3. The molecule has 1 N–H and O–H groups in total.